The summed E-state index contributed by atoms with van der Waals surface area (Å²) in [5, 5.41) is 2.82. The molecule has 69 heavy (non-hydrogen) atoms. The van der Waals surface area contributed by atoms with Crippen molar-refractivity contribution in [3.63, 3.8) is 0 Å². The average molecular weight is 958 g/mol. The monoisotopic (exact) mass is 957 g/mol. The van der Waals surface area contributed by atoms with Crippen LogP contribution in [0.3, 0.4) is 0 Å². The van der Waals surface area contributed by atoms with Gasteiger partial charge in [-0.05, 0) is 118 Å². The van der Waals surface area contributed by atoms with Crippen molar-refractivity contribution in [3.05, 3.63) is 174 Å². The number of aromatic amines is 1. The number of aromatic nitrogens is 2. The summed E-state index contributed by atoms with van der Waals surface area (Å²) < 4.78 is 42.0. The third-order valence-corrected chi connectivity index (χ3v) is 14.3. The number of carbonyl (C=O) groups is 1. The van der Waals surface area contributed by atoms with Gasteiger partial charge in [0, 0.05) is 31.1 Å². The Morgan fingerprint density at radius 3 is 2.12 bits per heavy atom. The second-order valence-electron chi connectivity index (χ2n) is 17.5. The maximum atomic E-state index is 13.7. The number of amides is 1. The van der Waals surface area contributed by atoms with Crippen LogP contribution >= 0.6 is 8.53 Å². The van der Waals surface area contributed by atoms with Crippen LogP contribution in [0.2, 0.25) is 0 Å². The Labute approximate surface area is 407 Å². The number of nitrogens with one attached hydrogen (secondary N) is 2. The Morgan fingerprint density at radius 1 is 0.913 bits per heavy atom. The fraction of sp³-hybridized carbons (Fsp3) is 0.407. The molecule has 4 aromatic carbocycles. The van der Waals surface area contributed by atoms with Crippen LogP contribution in [0, 0.1) is 39.2 Å². The van der Waals surface area contributed by atoms with Gasteiger partial charge in [-0.1, -0.05) is 78.6 Å². The minimum atomic E-state index is -1.75. The second-order valence-corrected chi connectivity index (χ2v) is 18.9. The smallest absolute Gasteiger partial charge is 0.330 e. The van der Waals surface area contributed by atoms with Crippen LogP contribution in [0.4, 0.5) is 0 Å². The number of hydrogen-bond acceptors (Lipinski definition) is 10. The molecule has 1 amide bonds. The van der Waals surface area contributed by atoms with Crippen molar-refractivity contribution in [2.75, 3.05) is 40.5 Å². The lowest BCUT2D eigenvalue weighted by Gasteiger charge is -2.39. The molecule has 15 heteroatoms. The molecule has 1 aromatic heterocycles. The van der Waals surface area contributed by atoms with Crippen molar-refractivity contribution in [2.24, 2.45) is 0 Å². The minimum absolute atomic E-state index is 0.00334. The molecule has 364 valence electrons. The summed E-state index contributed by atoms with van der Waals surface area (Å²) in [5.74, 6) is 6.92. The number of methoxy groups -OCH3 is 2. The van der Waals surface area contributed by atoms with Crippen molar-refractivity contribution >= 4 is 14.4 Å². The van der Waals surface area contributed by atoms with E-state index in [2.05, 4.69) is 85.3 Å². The zero-order chi connectivity index (χ0) is 49.7. The Hall–Kier alpha value is -6.09. The van der Waals surface area contributed by atoms with Crippen LogP contribution in [0.25, 0.3) is 4.85 Å². The van der Waals surface area contributed by atoms with Gasteiger partial charge in [0.1, 0.15) is 41.6 Å². The molecule has 4 atom stereocenters. The first-order chi connectivity index (χ1) is 33.2. The topological polar surface area (TPSA) is 147 Å². The van der Waals surface area contributed by atoms with E-state index in [0.29, 0.717) is 17.9 Å². The zero-order valence-corrected chi connectivity index (χ0v) is 41.9. The molecular formula is C54H64N5O9P. The summed E-state index contributed by atoms with van der Waals surface area (Å²) in [6.45, 7) is 22.1. The predicted molar refractivity (Wildman–Crippen MR) is 268 cm³/mol. The van der Waals surface area contributed by atoms with E-state index < -0.39 is 43.8 Å². The normalized spacial score (nSPS) is 16.2. The first-order valence-corrected chi connectivity index (χ1v) is 24.3. The number of ether oxygens (including phenoxy) is 4. The third-order valence-electron chi connectivity index (χ3n) is 12.1. The number of aryl methyl sites for hydroxylation is 4. The summed E-state index contributed by atoms with van der Waals surface area (Å²) in [7, 11) is 1.48. The van der Waals surface area contributed by atoms with Gasteiger partial charge in [0.15, 0.2) is 0 Å². The highest BCUT2D eigenvalue weighted by atomic mass is 31.2. The molecule has 1 fully saturated rings. The lowest BCUT2D eigenvalue weighted by atomic mass is 9.80. The summed E-state index contributed by atoms with van der Waals surface area (Å²) in [5.41, 5.74) is 4.59. The van der Waals surface area contributed by atoms with Gasteiger partial charge in [-0.2, -0.15) is 0 Å². The molecule has 1 aliphatic heterocycles. The molecular weight excluding hydrogens is 894 g/mol. The highest BCUT2D eigenvalue weighted by Gasteiger charge is 2.45. The Morgan fingerprint density at radius 2 is 1.52 bits per heavy atom. The van der Waals surface area contributed by atoms with E-state index in [1.165, 1.54) is 21.9 Å². The van der Waals surface area contributed by atoms with Gasteiger partial charge < -0.3 is 38.2 Å². The van der Waals surface area contributed by atoms with Crippen LogP contribution in [-0.2, 0) is 35.3 Å². The van der Waals surface area contributed by atoms with E-state index >= 15 is 0 Å². The largest absolute Gasteiger partial charge is 0.497 e. The van der Waals surface area contributed by atoms with Gasteiger partial charge >= 0.3 is 5.69 Å². The van der Waals surface area contributed by atoms with E-state index in [0.717, 1.165) is 27.8 Å². The predicted octanol–water partition coefficient (Wildman–Crippen LogP) is 8.54. The van der Waals surface area contributed by atoms with Gasteiger partial charge in [-0.15, -0.1) is 0 Å². The molecule has 14 nitrogen and oxygen atoms in total. The summed E-state index contributed by atoms with van der Waals surface area (Å²) >= 11 is 0. The quantitative estimate of drug-likeness (QED) is 0.0241. The SMILES string of the molecule is [C-]#[N+]CCOP(OC1CC(n2cc(C#CCNC(=O)CCc3cc(C)c(C)cc3C)c(=O)[nH]c2=O)OC1COC(c1ccccc1)(c1ccc(OC)cc1)c1ccc(OC)cc1)N(C(C)C)C(C)C. The molecule has 0 saturated carbocycles. The molecule has 2 heterocycles. The zero-order valence-electron chi connectivity index (χ0n) is 41.0. The van der Waals surface area contributed by atoms with E-state index in [-0.39, 0.29) is 62.7 Å². The van der Waals surface area contributed by atoms with Crippen LogP contribution in [0.15, 0.2) is 107 Å². The van der Waals surface area contributed by atoms with Gasteiger partial charge in [-0.3, -0.25) is 19.1 Å². The van der Waals surface area contributed by atoms with Gasteiger partial charge in [-0.25, -0.2) is 16.0 Å². The van der Waals surface area contributed by atoms with Gasteiger partial charge in [0.25, 0.3) is 14.1 Å². The number of rotatable bonds is 21. The van der Waals surface area contributed by atoms with Crippen molar-refractivity contribution in [3.8, 4) is 23.3 Å². The highest BCUT2D eigenvalue weighted by Crippen LogP contribution is 2.50. The summed E-state index contributed by atoms with van der Waals surface area (Å²) in [6, 6.07) is 29.6. The van der Waals surface area contributed by atoms with E-state index in [1.54, 1.807) is 14.2 Å². The molecule has 5 aromatic rings. The Bertz CT molecular complexity index is 2670. The van der Waals surface area contributed by atoms with Gasteiger partial charge in [0.2, 0.25) is 12.5 Å². The number of benzene rings is 4. The molecule has 4 unspecified atom stereocenters. The lowest BCUT2D eigenvalue weighted by Crippen LogP contribution is -2.39. The van der Waals surface area contributed by atoms with E-state index in [4.69, 9.17) is 34.6 Å². The second kappa shape index (κ2) is 24.5. The maximum absolute atomic E-state index is 13.7. The molecule has 1 aliphatic rings. The Kier molecular flexibility index (Phi) is 18.5. The maximum Gasteiger partial charge on any atom is 0.330 e. The summed E-state index contributed by atoms with van der Waals surface area (Å²) in [4.78, 5) is 45.6. The van der Waals surface area contributed by atoms with Crippen molar-refractivity contribution < 1.29 is 32.8 Å². The molecule has 2 N–H and O–H groups in total. The first kappa shape index (κ1) is 52.3. The van der Waals surface area contributed by atoms with Crippen LogP contribution < -0.4 is 26.0 Å². The number of nitrogens with zero attached hydrogens (tertiary/aromatic N) is 3. The molecule has 0 bridgehead atoms. The molecule has 1 saturated heterocycles. The van der Waals surface area contributed by atoms with E-state index in [9.17, 15) is 14.4 Å². The minimum Gasteiger partial charge on any atom is -0.497 e. The third kappa shape index (κ3) is 13.0. The number of H-pyrrole nitrogens is 1. The van der Waals surface area contributed by atoms with Crippen molar-refractivity contribution in [1.82, 2.24) is 19.5 Å². The van der Waals surface area contributed by atoms with Crippen molar-refractivity contribution in [2.45, 2.75) is 104 Å². The van der Waals surface area contributed by atoms with Gasteiger partial charge in [0.05, 0.1) is 33.5 Å². The molecule has 6 rings (SSSR count). The fourth-order valence-corrected chi connectivity index (χ4v) is 10.3. The number of hydrogen-bond donors (Lipinski definition) is 2. The standard InChI is InChI=1S/C54H64N5O9P/c1-36(2)59(37(3)4)69(66-30-29-55-8)68-48-33-51(58-34-42(52(61)57-53(58)62)15-14-28-56-50(60)27-18-41-32-39(6)38(5)31-40(41)7)67-49(48)35-65-54(43-16-12-11-13-17-43,44-19-23-46(63-9)24-20-44)45-21-25-47(64-10)26-22-45/h11-13,16-17,19-26,31-32,34,36-37,48-49,51H,18,27-30,33,35H2,1-7,9-10H3,(H,56,60)(H,57,61,62). The summed E-state index contributed by atoms with van der Waals surface area (Å²) in [6.07, 6.45) is 0.00774. The van der Waals surface area contributed by atoms with Crippen molar-refractivity contribution in [1.29, 1.82) is 0 Å². The first-order valence-electron chi connectivity index (χ1n) is 23.2. The molecule has 0 spiro atoms. The molecule has 0 aliphatic carbocycles. The van der Waals surface area contributed by atoms with Crippen LogP contribution in [0.1, 0.15) is 91.3 Å². The Balaban J connectivity index is 1.33. The fourth-order valence-electron chi connectivity index (χ4n) is 8.52. The average Bonchev–Trinajstić information content (AvgIpc) is 3.74. The highest BCUT2D eigenvalue weighted by molar-refractivity contribution is 7.44. The van der Waals surface area contributed by atoms with Crippen LogP contribution in [0.5, 0.6) is 11.5 Å². The molecule has 0 radical (unpaired) electrons. The number of carbonyl (C=O) groups excluding carboxylic acids is 1. The van der Waals surface area contributed by atoms with E-state index in [1.807, 2.05) is 85.8 Å². The van der Waals surface area contributed by atoms with Crippen LogP contribution in [-0.4, -0.2) is 84.9 Å². The lowest BCUT2D eigenvalue weighted by molar-refractivity contribution is -0.120.